The van der Waals surface area contributed by atoms with E-state index in [1.165, 1.54) is 18.6 Å². The number of amides is 1. The lowest BCUT2D eigenvalue weighted by molar-refractivity contribution is -0.138. The second-order valence-electron chi connectivity index (χ2n) is 7.69. The molecular formula is C22H28FN3O3. The number of halogens is 1. The van der Waals surface area contributed by atoms with Crippen molar-refractivity contribution in [2.75, 3.05) is 6.61 Å². The fraction of sp³-hybridized carbons (Fsp3) is 0.500. The molecule has 0 spiro atoms. The lowest BCUT2D eigenvalue weighted by atomic mass is 9.93. The van der Waals surface area contributed by atoms with Gasteiger partial charge < -0.3 is 9.64 Å². The first-order valence-electron chi connectivity index (χ1n) is 10.1. The number of aryl methyl sites for hydroxylation is 2. The number of aromatic nitrogens is 2. The van der Waals surface area contributed by atoms with E-state index < -0.39 is 5.97 Å². The number of benzene rings is 1. The summed E-state index contributed by atoms with van der Waals surface area (Å²) in [7, 11) is 1.76. The lowest BCUT2D eigenvalue weighted by Crippen LogP contribution is -2.43. The van der Waals surface area contributed by atoms with Crippen LogP contribution >= 0.6 is 0 Å². The van der Waals surface area contributed by atoms with Crippen LogP contribution in [0.5, 0.6) is 0 Å². The summed E-state index contributed by atoms with van der Waals surface area (Å²) in [6.07, 6.45) is 5.19. The zero-order valence-electron chi connectivity index (χ0n) is 17.3. The Morgan fingerprint density at radius 2 is 1.83 bits per heavy atom. The van der Waals surface area contributed by atoms with Crippen LogP contribution in [-0.2, 0) is 23.1 Å². The van der Waals surface area contributed by atoms with Crippen molar-refractivity contribution < 1.29 is 18.7 Å². The van der Waals surface area contributed by atoms with Gasteiger partial charge in [0.2, 0.25) is 0 Å². The van der Waals surface area contributed by atoms with Crippen LogP contribution in [0.25, 0.3) is 0 Å². The summed E-state index contributed by atoms with van der Waals surface area (Å²) in [5.41, 5.74) is 2.55. The molecule has 29 heavy (non-hydrogen) atoms. The summed E-state index contributed by atoms with van der Waals surface area (Å²) in [4.78, 5) is 27.3. The number of carbonyl (C=O) groups is 2. The highest BCUT2D eigenvalue weighted by molar-refractivity contribution is 5.93. The molecule has 1 aromatic heterocycles. The lowest BCUT2D eigenvalue weighted by Gasteiger charge is -2.34. The van der Waals surface area contributed by atoms with E-state index in [1.807, 2.05) is 0 Å². The molecule has 3 rings (SSSR count). The maximum atomic E-state index is 13.2. The van der Waals surface area contributed by atoms with Gasteiger partial charge in [-0.2, -0.15) is 5.10 Å². The average Bonchev–Trinajstić information content (AvgIpc) is 2.97. The van der Waals surface area contributed by atoms with Gasteiger partial charge in [-0.1, -0.05) is 31.4 Å². The van der Waals surface area contributed by atoms with E-state index in [-0.39, 0.29) is 24.4 Å². The van der Waals surface area contributed by atoms with Gasteiger partial charge in [0.25, 0.3) is 5.91 Å². The SMILES string of the molecule is Cc1nn(C)c(C)c1C(=O)OCC(=O)N(Cc1ccc(F)cc1)C1CCCCC1. The van der Waals surface area contributed by atoms with Gasteiger partial charge in [0.1, 0.15) is 11.4 Å². The standard InChI is InChI=1S/C22H28FN3O3/c1-15-21(16(2)25(3)24-15)22(28)29-14-20(27)26(19-7-5-4-6-8-19)13-17-9-11-18(23)12-10-17/h9-12,19H,4-8,13-14H2,1-3H3. The molecule has 1 saturated carbocycles. The first-order chi connectivity index (χ1) is 13.9. The molecule has 1 aliphatic carbocycles. The number of carbonyl (C=O) groups excluding carboxylic acids is 2. The van der Waals surface area contributed by atoms with Crippen LogP contribution in [0.1, 0.15) is 59.4 Å². The molecule has 0 N–H and O–H groups in total. The molecule has 1 heterocycles. The molecule has 2 aromatic rings. The third kappa shape index (κ3) is 5.02. The van der Waals surface area contributed by atoms with Gasteiger partial charge in [-0.05, 0) is 44.4 Å². The van der Waals surface area contributed by atoms with Crippen molar-refractivity contribution in [1.29, 1.82) is 0 Å². The van der Waals surface area contributed by atoms with Crippen molar-refractivity contribution in [3.8, 4) is 0 Å². The molecule has 1 aliphatic rings. The van der Waals surface area contributed by atoms with Gasteiger partial charge in [-0.25, -0.2) is 9.18 Å². The maximum absolute atomic E-state index is 13.2. The Morgan fingerprint density at radius 1 is 1.17 bits per heavy atom. The first kappa shape index (κ1) is 21.0. The molecule has 1 amide bonds. The third-order valence-corrected chi connectivity index (χ3v) is 5.64. The quantitative estimate of drug-likeness (QED) is 0.693. The fourth-order valence-corrected chi connectivity index (χ4v) is 3.95. The Morgan fingerprint density at radius 3 is 2.41 bits per heavy atom. The van der Waals surface area contributed by atoms with Crippen LogP contribution in [0.2, 0.25) is 0 Å². The van der Waals surface area contributed by atoms with Crippen molar-refractivity contribution >= 4 is 11.9 Å². The summed E-state index contributed by atoms with van der Waals surface area (Å²) < 4.78 is 20.2. The van der Waals surface area contributed by atoms with E-state index in [4.69, 9.17) is 4.74 Å². The zero-order chi connectivity index (χ0) is 21.0. The van der Waals surface area contributed by atoms with E-state index >= 15 is 0 Å². The molecule has 6 nitrogen and oxygen atoms in total. The Kier molecular flexibility index (Phi) is 6.67. The molecule has 0 radical (unpaired) electrons. The number of hydrogen-bond acceptors (Lipinski definition) is 4. The van der Waals surface area contributed by atoms with Crippen LogP contribution in [0.4, 0.5) is 4.39 Å². The predicted octanol–water partition coefficient (Wildman–Crippen LogP) is 3.69. The highest BCUT2D eigenvalue weighted by Crippen LogP contribution is 2.24. The van der Waals surface area contributed by atoms with Gasteiger partial charge in [0.15, 0.2) is 6.61 Å². The summed E-state index contributed by atoms with van der Waals surface area (Å²) in [5, 5.41) is 4.22. The van der Waals surface area contributed by atoms with E-state index in [2.05, 4.69) is 5.10 Å². The minimum Gasteiger partial charge on any atom is -0.452 e. The number of ether oxygens (including phenoxy) is 1. The normalized spacial score (nSPS) is 14.6. The largest absolute Gasteiger partial charge is 0.452 e. The van der Waals surface area contributed by atoms with Gasteiger partial charge in [-0.3, -0.25) is 9.48 Å². The molecule has 1 aromatic carbocycles. The monoisotopic (exact) mass is 401 g/mol. The Hall–Kier alpha value is -2.70. The molecule has 0 saturated heterocycles. The number of hydrogen-bond donors (Lipinski definition) is 0. The van der Waals surface area contributed by atoms with Crippen molar-refractivity contribution in [2.45, 2.75) is 58.5 Å². The molecule has 7 heteroatoms. The van der Waals surface area contributed by atoms with Crippen molar-refractivity contribution in [1.82, 2.24) is 14.7 Å². The second kappa shape index (κ2) is 9.20. The molecule has 0 unspecified atom stereocenters. The highest BCUT2D eigenvalue weighted by atomic mass is 19.1. The van der Waals surface area contributed by atoms with Crippen LogP contribution in [-0.4, -0.2) is 39.2 Å². The maximum Gasteiger partial charge on any atom is 0.342 e. The van der Waals surface area contributed by atoms with E-state index in [9.17, 15) is 14.0 Å². The number of esters is 1. The van der Waals surface area contributed by atoms with Gasteiger partial charge >= 0.3 is 5.97 Å². The number of nitrogens with zero attached hydrogens (tertiary/aromatic N) is 3. The zero-order valence-corrected chi connectivity index (χ0v) is 17.3. The van der Waals surface area contributed by atoms with Crippen molar-refractivity contribution in [3.05, 3.63) is 52.6 Å². The summed E-state index contributed by atoms with van der Waals surface area (Å²) in [5.74, 6) is -1.07. The van der Waals surface area contributed by atoms with E-state index in [0.29, 0.717) is 23.5 Å². The predicted molar refractivity (Wildman–Crippen MR) is 107 cm³/mol. The summed E-state index contributed by atoms with van der Waals surface area (Å²) >= 11 is 0. The van der Waals surface area contributed by atoms with Gasteiger partial charge in [0, 0.05) is 25.3 Å². The van der Waals surface area contributed by atoms with Crippen LogP contribution < -0.4 is 0 Å². The Balaban J connectivity index is 1.70. The molecule has 0 atom stereocenters. The fourth-order valence-electron chi connectivity index (χ4n) is 3.95. The second-order valence-corrected chi connectivity index (χ2v) is 7.69. The van der Waals surface area contributed by atoms with Crippen LogP contribution in [0, 0.1) is 19.7 Å². The van der Waals surface area contributed by atoms with Crippen molar-refractivity contribution in [2.24, 2.45) is 7.05 Å². The Labute approximate surface area is 170 Å². The third-order valence-electron chi connectivity index (χ3n) is 5.64. The van der Waals surface area contributed by atoms with Gasteiger partial charge in [-0.15, -0.1) is 0 Å². The Bertz CT molecular complexity index is 870. The topological polar surface area (TPSA) is 64.4 Å². The van der Waals surface area contributed by atoms with Crippen LogP contribution in [0.15, 0.2) is 24.3 Å². The highest BCUT2D eigenvalue weighted by Gasteiger charge is 2.27. The molecule has 0 bridgehead atoms. The molecular weight excluding hydrogens is 373 g/mol. The molecule has 0 aliphatic heterocycles. The summed E-state index contributed by atoms with van der Waals surface area (Å²) in [6, 6.07) is 6.28. The molecule has 156 valence electrons. The number of rotatable bonds is 6. The van der Waals surface area contributed by atoms with Crippen LogP contribution in [0.3, 0.4) is 0 Å². The van der Waals surface area contributed by atoms with E-state index in [0.717, 1.165) is 31.2 Å². The minimum atomic E-state index is -0.535. The van der Waals surface area contributed by atoms with E-state index in [1.54, 1.807) is 42.6 Å². The molecule has 1 fully saturated rings. The first-order valence-corrected chi connectivity index (χ1v) is 10.1. The smallest absolute Gasteiger partial charge is 0.342 e. The summed E-state index contributed by atoms with van der Waals surface area (Å²) in [6.45, 7) is 3.60. The van der Waals surface area contributed by atoms with Gasteiger partial charge in [0.05, 0.1) is 5.69 Å². The average molecular weight is 401 g/mol. The van der Waals surface area contributed by atoms with Crippen molar-refractivity contribution in [3.63, 3.8) is 0 Å². The minimum absolute atomic E-state index is 0.113.